The number of ether oxygens (including phenoxy) is 2. The third-order valence-electron chi connectivity index (χ3n) is 5.68. The lowest BCUT2D eigenvalue weighted by Gasteiger charge is -2.26. The minimum Gasteiger partial charge on any atom is -0.476 e. The Morgan fingerprint density at radius 1 is 1.20 bits per heavy atom. The van der Waals surface area contributed by atoms with E-state index in [0.29, 0.717) is 23.9 Å². The molecule has 3 rings (SSSR count). The molecule has 1 amide bonds. The molecule has 9 heteroatoms. The number of rotatable bonds is 13. The fourth-order valence-electron chi connectivity index (χ4n) is 4.02. The number of hydrazone groups is 1. The number of aryl methyl sites for hydroxylation is 1. The summed E-state index contributed by atoms with van der Waals surface area (Å²) in [6, 6.07) is 9.40. The minimum absolute atomic E-state index is 0.456. The average molecular weight is 483 g/mol. The van der Waals surface area contributed by atoms with Gasteiger partial charge in [-0.25, -0.2) is 0 Å². The third-order valence-corrected chi connectivity index (χ3v) is 5.68. The van der Waals surface area contributed by atoms with Gasteiger partial charge in [-0.2, -0.15) is 10.1 Å². The summed E-state index contributed by atoms with van der Waals surface area (Å²) in [5.74, 6) is 0.703. The van der Waals surface area contributed by atoms with Crippen LogP contribution in [0.1, 0.15) is 48.2 Å². The number of morpholine rings is 1. The number of pyridine rings is 1. The molecular formula is C26H38N6O3. The Hall–Kier alpha value is -3.17. The molecular weight excluding hydrogens is 444 g/mol. The molecule has 1 aliphatic heterocycles. The monoisotopic (exact) mass is 482 g/mol. The highest BCUT2D eigenvalue weighted by Gasteiger charge is 2.13. The molecule has 1 aliphatic rings. The first-order valence-corrected chi connectivity index (χ1v) is 12.4. The molecule has 2 heterocycles. The number of nitrogens with one attached hydrogen (secondary N) is 1. The Morgan fingerprint density at radius 2 is 1.94 bits per heavy atom. The predicted molar refractivity (Wildman–Crippen MR) is 141 cm³/mol. The second-order valence-electron chi connectivity index (χ2n) is 8.70. The summed E-state index contributed by atoms with van der Waals surface area (Å²) < 4.78 is 11.5. The van der Waals surface area contributed by atoms with Crippen LogP contribution in [0.15, 0.2) is 35.4 Å². The number of carbonyl (C=O) groups excluding carboxylic acids is 1. The van der Waals surface area contributed by atoms with E-state index in [9.17, 15) is 4.79 Å². The maximum atomic E-state index is 11.6. The number of benzene rings is 1. The predicted octanol–water partition coefficient (Wildman–Crippen LogP) is 3.27. The molecule has 0 radical (unpaired) electrons. The summed E-state index contributed by atoms with van der Waals surface area (Å²) in [6.45, 7) is 12.9. The second kappa shape index (κ2) is 13.7. The lowest BCUT2D eigenvalue weighted by Crippen LogP contribution is -2.38. The largest absolute Gasteiger partial charge is 0.476 e. The molecule has 2 aromatic rings. The van der Waals surface area contributed by atoms with E-state index in [4.69, 9.17) is 15.2 Å². The maximum Gasteiger partial charge on any atom is 0.248 e. The summed E-state index contributed by atoms with van der Waals surface area (Å²) in [7, 11) is 0. The second-order valence-corrected chi connectivity index (χ2v) is 8.70. The normalized spacial score (nSPS) is 14.3. The van der Waals surface area contributed by atoms with Crippen LogP contribution in [-0.4, -0.2) is 74.6 Å². The number of primary amides is 1. The molecule has 0 saturated carbocycles. The Kier molecular flexibility index (Phi) is 10.3. The molecule has 190 valence electrons. The van der Waals surface area contributed by atoms with Crippen LogP contribution in [0.4, 0.5) is 11.5 Å². The number of carbonyl (C=O) groups is 1. The van der Waals surface area contributed by atoms with Crippen LogP contribution in [-0.2, 0) is 4.74 Å². The van der Waals surface area contributed by atoms with Crippen LogP contribution < -0.4 is 20.8 Å². The molecule has 0 atom stereocenters. The minimum atomic E-state index is -0.462. The van der Waals surface area contributed by atoms with Crippen molar-refractivity contribution in [3.05, 3.63) is 47.0 Å². The molecule has 1 aromatic carbocycles. The maximum absolute atomic E-state index is 11.6. The highest BCUT2D eigenvalue weighted by molar-refractivity contribution is 5.95. The SMILES string of the molecule is CCCN(CCC)c1cc(N/N=C/c2cc(C)cc(C(N)=O)c2)nc(OCCN2CCOCC2)c1. The van der Waals surface area contributed by atoms with Crippen molar-refractivity contribution in [2.75, 3.05) is 62.9 Å². The number of amides is 1. The third kappa shape index (κ3) is 8.52. The Labute approximate surface area is 208 Å². The van der Waals surface area contributed by atoms with E-state index in [0.717, 1.165) is 75.6 Å². The van der Waals surface area contributed by atoms with Crippen LogP contribution in [0.3, 0.4) is 0 Å². The Morgan fingerprint density at radius 3 is 2.63 bits per heavy atom. The smallest absolute Gasteiger partial charge is 0.248 e. The van der Waals surface area contributed by atoms with E-state index < -0.39 is 5.91 Å². The fraction of sp³-hybridized carbons (Fsp3) is 0.500. The van der Waals surface area contributed by atoms with Crippen LogP contribution in [0.25, 0.3) is 0 Å². The van der Waals surface area contributed by atoms with Gasteiger partial charge >= 0.3 is 0 Å². The molecule has 0 aliphatic carbocycles. The van der Waals surface area contributed by atoms with E-state index in [1.54, 1.807) is 18.3 Å². The Bertz CT molecular complexity index is 985. The number of nitrogens with zero attached hydrogens (tertiary/aromatic N) is 4. The lowest BCUT2D eigenvalue weighted by molar-refractivity contribution is 0.0320. The highest BCUT2D eigenvalue weighted by Crippen LogP contribution is 2.25. The zero-order chi connectivity index (χ0) is 25.0. The van der Waals surface area contributed by atoms with Crippen molar-refractivity contribution in [2.24, 2.45) is 10.8 Å². The van der Waals surface area contributed by atoms with Crippen molar-refractivity contribution in [1.82, 2.24) is 9.88 Å². The first-order valence-electron chi connectivity index (χ1n) is 12.4. The quantitative estimate of drug-likeness (QED) is 0.333. The van der Waals surface area contributed by atoms with Gasteiger partial charge in [0.05, 0.1) is 19.4 Å². The number of aromatic nitrogens is 1. The van der Waals surface area contributed by atoms with E-state index in [-0.39, 0.29) is 0 Å². The zero-order valence-electron chi connectivity index (χ0n) is 21.1. The summed E-state index contributed by atoms with van der Waals surface area (Å²) in [6.07, 6.45) is 3.75. The molecule has 1 saturated heterocycles. The molecule has 0 spiro atoms. The topological polar surface area (TPSA) is 105 Å². The molecule has 1 aromatic heterocycles. The molecule has 0 bridgehead atoms. The first kappa shape index (κ1) is 26.4. The Balaban J connectivity index is 1.75. The first-order chi connectivity index (χ1) is 17.0. The van der Waals surface area contributed by atoms with Gasteiger partial charge in [0.25, 0.3) is 0 Å². The van der Waals surface area contributed by atoms with Crippen LogP contribution in [0.2, 0.25) is 0 Å². The molecule has 3 N–H and O–H groups in total. The standard InChI is InChI=1S/C26H38N6O3/c1-4-6-32(7-5-2)23-17-24(29-25(18-23)35-13-10-31-8-11-34-12-9-31)30-28-19-21-14-20(3)15-22(16-21)26(27)33/h14-19H,4-13H2,1-3H3,(H2,27,33)(H,29,30)/b28-19+. The summed E-state index contributed by atoms with van der Waals surface area (Å²) in [5, 5.41) is 4.35. The summed E-state index contributed by atoms with van der Waals surface area (Å²) in [5.41, 5.74) is 11.7. The number of nitrogens with two attached hydrogens (primary N) is 1. The molecule has 9 nitrogen and oxygen atoms in total. The highest BCUT2D eigenvalue weighted by atomic mass is 16.5. The van der Waals surface area contributed by atoms with Gasteiger partial charge in [-0.15, -0.1) is 0 Å². The number of hydrogen-bond donors (Lipinski definition) is 2. The van der Waals surface area contributed by atoms with Gasteiger partial charge in [0.2, 0.25) is 11.8 Å². The molecule has 0 unspecified atom stereocenters. The molecule has 1 fully saturated rings. The van der Waals surface area contributed by atoms with Gasteiger partial charge in [-0.05, 0) is 43.0 Å². The lowest BCUT2D eigenvalue weighted by atomic mass is 10.1. The number of hydrogen-bond acceptors (Lipinski definition) is 8. The van der Waals surface area contributed by atoms with Crippen LogP contribution in [0, 0.1) is 6.92 Å². The zero-order valence-corrected chi connectivity index (χ0v) is 21.1. The molecule has 35 heavy (non-hydrogen) atoms. The van der Waals surface area contributed by atoms with Crippen molar-refractivity contribution in [3.8, 4) is 5.88 Å². The van der Waals surface area contributed by atoms with Crippen molar-refractivity contribution >= 4 is 23.6 Å². The number of anilines is 2. The van der Waals surface area contributed by atoms with Crippen molar-refractivity contribution in [1.29, 1.82) is 0 Å². The van der Waals surface area contributed by atoms with E-state index in [2.05, 4.69) is 39.2 Å². The van der Waals surface area contributed by atoms with Crippen molar-refractivity contribution in [3.63, 3.8) is 0 Å². The summed E-state index contributed by atoms with van der Waals surface area (Å²) >= 11 is 0. The van der Waals surface area contributed by atoms with Crippen molar-refractivity contribution in [2.45, 2.75) is 33.6 Å². The average Bonchev–Trinajstić information content (AvgIpc) is 2.84. The summed E-state index contributed by atoms with van der Waals surface area (Å²) in [4.78, 5) is 20.9. The van der Waals surface area contributed by atoms with Gasteiger partial charge in [0.1, 0.15) is 6.61 Å². The van der Waals surface area contributed by atoms with Crippen LogP contribution in [0.5, 0.6) is 5.88 Å². The van der Waals surface area contributed by atoms with E-state index in [1.807, 2.05) is 25.1 Å². The van der Waals surface area contributed by atoms with Gasteiger partial charge in [-0.3, -0.25) is 15.1 Å². The van der Waals surface area contributed by atoms with Crippen molar-refractivity contribution < 1.29 is 14.3 Å². The van der Waals surface area contributed by atoms with Gasteiger partial charge < -0.3 is 20.1 Å². The van der Waals surface area contributed by atoms with Crippen LogP contribution >= 0.6 is 0 Å². The van der Waals surface area contributed by atoms with Gasteiger partial charge in [0, 0.05) is 56.1 Å². The van der Waals surface area contributed by atoms with E-state index in [1.165, 1.54) is 0 Å². The van der Waals surface area contributed by atoms with E-state index >= 15 is 0 Å². The van der Waals surface area contributed by atoms with Gasteiger partial charge in [0.15, 0.2) is 5.82 Å². The van der Waals surface area contributed by atoms with Gasteiger partial charge in [-0.1, -0.05) is 19.9 Å². The fourth-order valence-corrected chi connectivity index (χ4v) is 4.02.